The van der Waals surface area contributed by atoms with Crippen LogP contribution in [0.5, 0.6) is 0 Å². The molecule has 0 unspecified atom stereocenters. The monoisotopic (exact) mass is 353 g/mol. The molecule has 0 bridgehead atoms. The number of nitrogens with zero attached hydrogens (tertiary/aromatic N) is 3. The Bertz CT molecular complexity index is 1020. The molecule has 3 N–H and O–H groups in total. The summed E-state index contributed by atoms with van der Waals surface area (Å²) in [5, 5.41) is 9.90. The first-order valence-electron chi connectivity index (χ1n) is 8.41. The van der Waals surface area contributed by atoms with Gasteiger partial charge in [-0.1, -0.05) is 23.7 Å². The van der Waals surface area contributed by atoms with Gasteiger partial charge in [0.15, 0.2) is 0 Å². The van der Waals surface area contributed by atoms with E-state index in [1.54, 1.807) is 4.57 Å². The molecule has 1 aliphatic heterocycles. The summed E-state index contributed by atoms with van der Waals surface area (Å²) in [5.41, 5.74) is 10.7. The van der Waals surface area contributed by atoms with Gasteiger partial charge in [0.25, 0.3) is 0 Å². The number of hydrogen-bond donors (Lipinski definition) is 2. The predicted molar refractivity (Wildman–Crippen MR) is 101 cm³/mol. The molecule has 0 aliphatic carbocycles. The van der Waals surface area contributed by atoms with Crippen LogP contribution in [0.1, 0.15) is 17.5 Å². The minimum Gasteiger partial charge on any atom is -0.325 e. The van der Waals surface area contributed by atoms with E-state index in [2.05, 4.69) is 35.0 Å². The number of fused-ring (bicyclic) bond motifs is 2. The van der Waals surface area contributed by atoms with Gasteiger partial charge in [-0.2, -0.15) is 4.98 Å². The Morgan fingerprint density at radius 1 is 1.28 bits per heavy atom. The molecule has 128 valence electrons. The molecule has 0 fully saturated rings. The molecule has 1 aromatic heterocycles. The van der Waals surface area contributed by atoms with Gasteiger partial charge in [-0.3, -0.25) is 9.98 Å². The van der Waals surface area contributed by atoms with Gasteiger partial charge in [0, 0.05) is 22.6 Å². The number of halogens is 1. The fraction of sp³-hybridized carbons (Fsp3) is 0.263. The van der Waals surface area contributed by atoms with Crippen LogP contribution in [0.15, 0.2) is 36.4 Å². The van der Waals surface area contributed by atoms with Gasteiger partial charge < -0.3 is 10.6 Å². The number of benzene rings is 2. The van der Waals surface area contributed by atoms with E-state index in [-0.39, 0.29) is 12.3 Å². The van der Waals surface area contributed by atoms with Crippen molar-refractivity contribution in [2.24, 2.45) is 5.73 Å². The van der Waals surface area contributed by atoms with Crippen molar-refractivity contribution in [2.75, 3.05) is 11.4 Å². The van der Waals surface area contributed by atoms with E-state index in [9.17, 15) is 0 Å². The lowest BCUT2D eigenvalue weighted by Gasteiger charge is -2.32. The van der Waals surface area contributed by atoms with E-state index in [0.29, 0.717) is 5.02 Å². The number of aromatic nitrogens is 2. The van der Waals surface area contributed by atoms with Crippen LogP contribution in [0.2, 0.25) is 5.02 Å². The number of nitrogens with one attached hydrogen (secondary N) is 1. The molecular weight excluding hydrogens is 334 g/mol. The molecule has 6 heteroatoms. The molecule has 2 heterocycles. The topological polar surface area (TPSA) is 70.9 Å². The maximum absolute atomic E-state index is 8.31. The first kappa shape index (κ1) is 16.1. The van der Waals surface area contributed by atoms with Crippen LogP contribution in [0.4, 0.5) is 11.5 Å². The van der Waals surface area contributed by atoms with Gasteiger partial charge in [0.2, 0.25) is 5.62 Å². The Morgan fingerprint density at radius 2 is 2.12 bits per heavy atom. The summed E-state index contributed by atoms with van der Waals surface area (Å²) in [4.78, 5) is 6.81. The molecule has 0 radical (unpaired) electrons. The fourth-order valence-corrected chi connectivity index (χ4v) is 3.83. The minimum absolute atomic E-state index is 0.145. The second-order valence-electron chi connectivity index (χ2n) is 6.36. The first-order valence-corrected chi connectivity index (χ1v) is 8.78. The summed E-state index contributed by atoms with van der Waals surface area (Å²) >= 11 is 6.19. The maximum Gasteiger partial charge on any atom is 0.225 e. The molecule has 0 saturated heterocycles. The van der Waals surface area contributed by atoms with Crippen molar-refractivity contribution in [2.45, 2.75) is 26.4 Å². The maximum atomic E-state index is 8.31. The summed E-state index contributed by atoms with van der Waals surface area (Å²) in [6.45, 7) is 3.23. The highest BCUT2D eigenvalue weighted by Gasteiger charge is 2.23. The van der Waals surface area contributed by atoms with Gasteiger partial charge in [0.1, 0.15) is 5.82 Å². The van der Waals surface area contributed by atoms with E-state index in [0.717, 1.165) is 36.1 Å². The highest BCUT2D eigenvalue weighted by atomic mass is 35.5. The Balaban J connectivity index is 2.01. The number of anilines is 2. The molecular formula is C19H20ClN5. The second-order valence-corrected chi connectivity index (χ2v) is 6.80. The van der Waals surface area contributed by atoms with Gasteiger partial charge in [-0.15, -0.1) is 0 Å². The van der Waals surface area contributed by atoms with Crippen LogP contribution in [0.25, 0.3) is 10.9 Å². The zero-order valence-electron chi connectivity index (χ0n) is 14.1. The van der Waals surface area contributed by atoms with Gasteiger partial charge >= 0.3 is 0 Å². The average Bonchev–Trinajstić information content (AvgIpc) is 2.61. The summed E-state index contributed by atoms with van der Waals surface area (Å²) in [6, 6.07) is 12.1. The first-order chi connectivity index (χ1) is 12.1. The van der Waals surface area contributed by atoms with Crippen LogP contribution in [-0.4, -0.2) is 16.1 Å². The lowest BCUT2D eigenvalue weighted by Crippen LogP contribution is -2.32. The van der Waals surface area contributed by atoms with Crippen molar-refractivity contribution < 1.29 is 0 Å². The Kier molecular flexibility index (Phi) is 3.98. The Morgan fingerprint density at radius 3 is 2.92 bits per heavy atom. The molecule has 4 rings (SSSR count). The third-order valence-electron chi connectivity index (χ3n) is 4.88. The van der Waals surface area contributed by atoms with Crippen molar-refractivity contribution in [3.8, 4) is 0 Å². The van der Waals surface area contributed by atoms with Gasteiger partial charge in [-0.25, -0.2) is 0 Å². The van der Waals surface area contributed by atoms with E-state index in [1.807, 2.05) is 18.2 Å². The standard InChI is InChI=1S/C19H20ClN5/c1-12-4-2-6-16-14(12)5-3-9-24(16)18-15-8-7-13(20)10-17(15)25(11-21)19(22)23-18/h2,4,6-8,10,22H,3,5,9,11,21H2,1H3. The van der Waals surface area contributed by atoms with Crippen molar-refractivity contribution in [3.63, 3.8) is 0 Å². The fourth-order valence-electron chi connectivity index (χ4n) is 3.66. The number of aryl methyl sites for hydroxylation is 1. The lowest BCUT2D eigenvalue weighted by atomic mass is 9.97. The zero-order chi connectivity index (χ0) is 17.6. The Hall–Kier alpha value is -2.37. The molecule has 0 amide bonds. The lowest BCUT2D eigenvalue weighted by molar-refractivity contribution is 0.672. The van der Waals surface area contributed by atoms with Crippen molar-refractivity contribution in [1.82, 2.24) is 9.55 Å². The summed E-state index contributed by atoms with van der Waals surface area (Å²) in [7, 11) is 0. The molecule has 0 spiro atoms. The van der Waals surface area contributed by atoms with Crippen molar-refractivity contribution >= 4 is 34.0 Å². The molecule has 3 aromatic rings. The van der Waals surface area contributed by atoms with E-state index >= 15 is 0 Å². The number of hydrogen-bond acceptors (Lipinski definition) is 4. The quantitative estimate of drug-likeness (QED) is 0.741. The van der Waals surface area contributed by atoms with Crippen LogP contribution >= 0.6 is 11.6 Å². The van der Waals surface area contributed by atoms with Crippen LogP contribution < -0.4 is 16.3 Å². The SMILES string of the molecule is Cc1cccc2c1CCCN2c1nc(=N)n(CN)c2cc(Cl)ccc12. The minimum atomic E-state index is 0.145. The highest BCUT2D eigenvalue weighted by Crippen LogP contribution is 2.37. The van der Waals surface area contributed by atoms with Crippen LogP contribution in [0, 0.1) is 12.3 Å². The third kappa shape index (κ3) is 2.60. The zero-order valence-corrected chi connectivity index (χ0v) is 14.8. The van der Waals surface area contributed by atoms with Crippen LogP contribution in [0.3, 0.4) is 0 Å². The van der Waals surface area contributed by atoms with E-state index < -0.39 is 0 Å². The van der Waals surface area contributed by atoms with E-state index in [1.165, 1.54) is 16.8 Å². The third-order valence-corrected chi connectivity index (χ3v) is 5.12. The summed E-state index contributed by atoms with van der Waals surface area (Å²) < 4.78 is 1.67. The highest BCUT2D eigenvalue weighted by molar-refractivity contribution is 6.31. The van der Waals surface area contributed by atoms with E-state index in [4.69, 9.17) is 22.7 Å². The normalized spacial score (nSPS) is 14.0. The molecule has 5 nitrogen and oxygen atoms in total. The Labute approximate surface area is 151 Å². The molecule has 0 atom stereocenters. The van der Waals surface area contributed by atoms with Crippen LogP contribution in [-0.2, 0) is 13.1 Å². The molecule has 25 heavy (non-hydrogen) atoms. The van der Waals surface area contributed by atoms with Gasteiger partial charge in [0.05, 0.1) is 12.2 Å². The summed E-state index contributed by atoms with van der Waals surface area (Å²) in [6.07, 6.45) is 2.14. The van der Waals surface area contributed by atoms with Crippen molar-refractivity contribution in [3.05, 3.63) is 58.2 Å². The summed E-state index contributed by atoms with van der Waals surface area (Å²) in [5.74, 6) is 0.799. The number of rotatable bonds is 2. The molecule has 0 saturated carbocycles. The molecule has 2 aromatic carbocycles. The predicted octanol–water partition coefficient (Wildman–Crippen LogP) is 3.48. The smallest absolute Gasteiger partial charge is 0.225 e. The second kappa shape index (κ2) is 6.17. The number of nitrogens with two attached hydrogens (primary N) is 1. The average molecular weight is 354 g/mol. The largest absolute Gasteiger partial charge is 0.325 e. The molecule has 1 aliphatic rings. The van der Waals surface area contributed by atoms with Gasteiger partial charge in [-0.05, 0) is 55.2 Å². The van der Waals surface area contributed by atoms with Crippen molar-refractivity contribution in [1.29, 1.82) is 5.41 Å².